The number of aldehydes is 1. The summed E-state index contributed by atoms with van der Waals surface area (Å²) in [4.78, 5) is 13.2. The number of nitrogens with zero attached hydrogens (tertiary/aromatic N) is 1. The summed E-state index contributed by atoms with van der Waals surface area (Å²) in [7, 11) is 0. The Balaban J connectivity index is 3.30. The second kappa shape index (κ2) is 3.74. The van der Waals surface area contributed by atoms with Gasteiger partial charge in [0.05, 0.1) is 5.56 Å². The average Bonchev–Trinajstić information content (AvgIpc) is 2.09. The van der Waals surface area contributed by atoms with Crippen molar-refractivity contribution in [3.63, 3.8) is 0 Å². The number of pyridine rings is 1. The van der Waals surface area contributed by atoms with Gasteiger partial charge in [-0.1, -0.05) is 11.6 Å². The van der Waals surface area contributed by atoms with Crippen LogP contribution in [0.3, 0.4) is 0 Å². The second-order valence-corrected chi connectivity index (χ2v) is 2.52. The van der Waals surface area contributed by atoms with E-state index >= 15 is 0 Å². The van der Waals surface area contributed by atoms with E-state index in [1.165, 1.54) is 0 Å². The SMILES string of the molecule is O=Cc1cc(C(F)F)nc(Cl)c1F. The third kappa shape index (κ3) is 1.98. The van der Waals surface area contributed by atoms with Gasteiger partial charge in [-0.15, -0.1) is 0 Å². The Morgan fingerprint density at radius 3 is 2.62 bits per heavy atom. The summed E-state index contributed by atoms with van der Waals surface area (Å²) in [5.41, 5.74) is -1.23. The Kier molecular flexibility index (Phi) is 2.87. The van der Waals surface area contributed by atoms with E-state index in [0.29, 0.717) is 6.07 Å². The van der Waals surface area contributed by atoms with E-state index in [9.17, 15) is 18.0 Å². The minimum atomic E-state index is -2.88. The lowest BCUT2D eigenvalue weighted by molar-refractivity contribution is 0.111. The fourth-order valence-corrected chi connectivity index (χ4v) is 0.941. The highest BCUT2D eigenvalue weighted by atomic mass is 35.5. The number of alkyl halides is 2. The third-order valence-corrected chi connectivity index (χ3v) is 1.57. The normalized spacial score (nSPS) is 10.5. The Labute approximate surface area is 76.3 Å². The summed E-state index contributed by atoms with van der Waals surface area (Å²) in [6, 6.07) is 0.666. The Morgan fingerprint density at radius 1 is 1.54 bits per heavy atom. The average molecular weight is 210 g/mol. The van der Waals surface area contributed by atoms with Crippen LogP contribution in [0, 0.1) is 5.82 Å². The van der Waals surface area contributed by atoms with Crippen LogP contribution in [-0.2, 0) is 0 Å². The maximum atomic E-state index is 12.8. The van der Waals surface area contributed by atoms with Crippen LogP contribution in [0.5, 0.6) is 0 Å². The van der Waals surface area contributed by atoms with Crippen molar-refractivity contribution in [2.75, 3.05) is 0 Å². The van der Waals surface area contributed by atoms with E-state index in [1.807, 2.05) is 0 Å². The topological polar surface area (TPSA) is 30.0 Å². The van der Waals surface area contributed by atoms with Crippen LogP contribution in [-0.4, -0.2) is 11.3 Å². The maximum absolute atomic E-state index is 12.8. The molecule has 0 bridgehead atoms. The van der Waals surface area contributed by atoms with Gasteiger partial charge in [-0.25, -0.2) is 18.2 Å². The Bertz CT molecular complexity index is 343. The quantitative estimate of drug-likeness (QED) is 0.554. The molecule has 1 aromatic heterocycles. The standard InChI is InChI=1S/C7H3ClF3NO/c8-6-5(9)3(2-13)1-4(12-6)7(10)11/h1-2,7H. The molecule has 0 N–H and O–H groups in total. The first-order chi connectivity index (χ1) is 6.06. The Morgan fingerprint density at radius 2 is 2.15 bits per heavy atom. The fraction of sp³-hybridized carbons (Fsp3) is 0.143. The maximum Gasteiger partial charge on any atom is 0.280 e. The number of hydrogen-bond acceptors (Lipinski definition) is 2. The second-order valence-electron chi connectivity index (χ2n) is 2.16. The lowest BCUT2D eigenvalue weighted by atomic mass is 10.2. The first-order valence-corrected chi connectivity index (χ1v) is 3.53. The lowest BCUT2D eigenvalue weighted by Crippen LogP contribution is -1.98. The molecule has 0 aliphatic heterocycles. The van der Waals surface area contributed by atoms with Gasteiger partial charge >= 0.3 is 0 Å². The van der Waals surface area contributed by atoms with E-state index in [2.05, 4.69) is 4.98 Å². The largest absolute Gasteiger partial charge is 0.298 e. The van der Waals surface area contributed by atoms with Crippen molar-refractivity contribution in [2.24, 2.45) is 0 Å². The molecule has 1 rings (SSSR count). The molecule has 0 aliphatic rings. The zero-order valence-corrected chi connectivity index (χ0v) is 6.86. The van der Waals surface area contributed by atoms with Crippen molar-refractivity contribution >= 4 is 17.9 Å². The number of carbonyl (C=O) groups excluding carboxylic acids is 1. The Hall–Kier alpha value is -1.10. The molecule has 0 fully saturated rings. The first-order valence-electron chi connectivity index (χ1n) is 3.15. The number of rotatable bonds is 2. The zero-order chi connectivity index (χ0) is 10.0. The van der Waals surface area contributed by atoms with Crippen LogP contribution in [0.2, 0.25) is 5.15 Å². The van der Waals surface area contributed by atoms with Gasteiger partial charge in [0.1, 0.15) is 5.69 Å². The van der Waals surface area contributed by atoms with Crippen molar-refractivity contribution in [3.8, 4) is 0 Å². The van der Waals surface area contributed by atoms with Crippen LogP contribution in [0.15, 0.2) is 6.07 Å². The van der Waals surface area contributed by atoms with E-state index < -0.39 is 28.7 Å². The molecule has 1 aromatic rings. The molecular weight excluding hydrogens is 207 g/mol. The molecule has 0 aliphatic carbocycles. The van der Waals surface area contributed by atoms with Crippen molar-refractivity contribution in [2.45, 2.75) is 6.43 Å². The zero-order valence-electron chi connectivity index (χ0n) is 6.10. The molecule has 0 radical (unpaired) electrons. The number of carbonyl (C=O) groups is 1. The molecule has 70 valence electrons. The van der Waals surface area contributed by atoms with Gasteiger partial charge in [-0.2, -0.15) is 0 Å². The highest BCUT2D eigenvalue weighted by Crippen LogP contribution is 2.22. The molecule has 0 saturated heterocycles. The van der Waals surface area contributed by atoms with Gasteiger partial charge < -0.3 is 0 Å². The minimum absolute atomic E-state index is 0.106. The predicted octanol–water partition coefficient (Wildman–Crippen LogP) is 2.62. The van der Waals surface area contributed by atoms with E-state index in [1.54, 1.807) is 0 Å². The number of aromatic nitrogens is 1. The van der Waals surface area contributed by atoms with Gasteiger partial charge in [0.2, 0.25) is 0 Å². The van der Waals surface area contributed by atoms with Gasteiger partial charge in [-0.05, 0) is 6.07 Å². The van der Waals surface area contributed by atoms with Gasteiger partial charge in [0, 0.05) is 0 Å². The summed E-state index contributed by atoms with van der Waals surface area (Å²) in [5, 5.41) is -0.722. The van der Waals surface area contributed by atoms with Crippen LogP contribution < -0.4 is 0 Å². The molecule has 0 amide bonds. The molecule has 13 heavy (non-hydrogen) atoms. The van der Waals surface area contributed by atoms with Crippen molar-refractivity contribution < 1.29 is 18.0 Å². The summed E-state index contributed by atoms with van der Waals surface area (Å²) in [6.45, 7) is 0. The molecule has 0 unspecified atom stereocenters. The molecular formula is C7H3ClF3NO. The predicted molar refractivity (Wildman–Crippen MR) is 39.5 cm³/mol. The highest BCUT2D eigenvalue weighted by molar-refractivity contribution is 6.29. The molecule has 0 spiro atoms. The van der Waals surface area contributed by atoms with E-state index in [0.717, 1.165) is 0 Å². The third-order valence-electron chi connectivity index (χ3n) is 1.32. The molecule has 2 nitrogen and oxygen atoms in total. The monoisotopic (exact) mass is 209 g/mol. The minimum Gasteiger partial charge on any atom is -0.298 e. The van der Waals surface area contributed by atoms with Gasteiger partial charge in [0.25, 0.3) is 6.43 Å². The van der Waals surface area contributed by atoms with Crippen molar-refractivity contribution in [1.29, 1.82) is 0 Å². The fourth-order valence-electron chi connectivity index (χ4n) is 0.734. The smallest absolute Gasteiger partial charge is 0.280 e. The first kappa shape index (κ1) is 9.98. The van der Waals surface area contributed by atoms with Gasteiger partial charge in [0.15, 0.2) is 17.3 Å². The van der Waals surface area contributed by atoms with Crippen LogP contribution in [0.4, 0.5) is 13.2 Å². The van der Waals surface area contributed by atoms with Crippen LogP contribution >= 0.6 is 11.6 Å². The lowest BCUT2D eigenvalue weighted by Gasteiger charge is -2.01. The van der Waals surface area contributed by atoms with Crippen molar-refractivity contribution in [1.82, 2.24) is 4.98 Å². The molecule has 0 aromatic carbocycles. The van der Waals surface area contributed by atoms with Gasteiger partial charge in [-0.3, -0.25) is 4.79 Å². The van der Waals surface area contributed by atoms with Crippen LogP contribution in [0.25, 0.3) is 0 Å². The molecule has 0 atom stereocenters. The molecule has 6 heteroatoms. The highest BCUT2D eigenvalue weighted by Gasteiger charge is 2.15. The summed E-state index contributed by atoms with van der Waals surface area (Å²) in [6.07, 6.45) is -2.77. The van der Waals surface area contributed by atoms with Crippen LogP contribution in [0.1, 0.15) is 22.5 Å². The summed E-state index contributed by atoms with van der Waals surface area (Å²) in [5.74, 6) is -1.08. The molecule has 0 saturated carbocycles. The van der Waals surface area contributed by atoms with Crippen molar-refractivity contribution in [3.05, 3.63) is 28.3 Å². The number of halogens is 4. The van der Waals surface area contributed by atoms with E-state index in [-0.39, 0.29) is 6.29 Å². The molecule has 1 heterocycles. The van der Waals surface area contributed by atoms with E-state index in [4.69, 9.17) is 11.6 Å². The summed E-state index contributed by atoms with van der Waals surface area (Å²) < 4.78 is 36.8. The summed E-state index contributed by atoms with van der Waals surface area (Å²) >= 11 is 5.16. The number of hydrogen-bond donors (Lipinski definition) is 0.